The van der Waals surface area contributed by atoms with E-state index in [2.05, 4.69) is 29.7 Å². The highest BCUT2D eigenvalue weighted by Gasteiger charge is 2.44. The van der Waals surface area contributed by atoms with E-state index < -0.39 is 0 Å². The molecule has 1 aromatic rings. The summed E-state index contributed by atoms with van der Waals surface area (Å²) in [5.74, 6) is 1.03. The van der Waals surface area contributed by atoms with Crippen molar-refractivity contribution in [2.45, 2.75) is 32.1 Å². The predicted octanol–water partition coefficient (Wildman–Crippen LogP) is 3.17. The van der Waals surface area contributed by atoms with Crippen molar-refractivity contribution in [3.05, 3.63) is 34.9 Å². The van der Waals surface area contributed by atoms with Gasteiger partial charge in [-0.2, -0.15) is 0 Å². The summed E-state index contributed by atoms with van der Waals surface area (Å²) in [7, 11) is 0. The van der Waals surface area contributed by atoms with Gasteiger partial charge in [-0.15, -0.1) is 24.0 Å². The minimum Gasteiger partial charge on any atom is -0.396 e. The van der Waals surface area contributed by atoms with E-state index in [4.69, 9.17) is 21.7 Å². The quantitative estimate of drug-likeness (QED) is 0.339. The number of aliphatic hydroxyl groups excluding tert-OH is 1. The van der Waals surface area contributed by atoms with Gasteiger partial charge in [0.2, 0.25) is 0 Å². The van der Waals surface area contributed by atoms with Crippen molar-refractivity contribution < 1.29 is 5.11 Å². The van der Waals surface area contributed by atoms with Gasteiger partial charge in [-0.3, -0.25) is 4.99 Å². The van der Waals surface area contributed by atoms with Gasteiger partial charge in [-0.05, 0) is 43.4 Å². The molecule has 0 bridgehead atoms. The van der Waals surface area contributed by atoms with Gasteiger partial charge in [0, 0.05) is 30.1 Å². The van der Waals surface area contributed by atoms with Crippen molar-refractivity contribution in [3.8, 4) is 0 Å². The molecule has 0 radical (unpaired) electrons. The molecule has 0 spiro atoms. The Morgan fingerprint density at radius 2 is 2.13 bits per heavy atom. The highest BCUT2D eigenvalue weighted by Crippen LogP contribution is 2.48. The number of halogens is 2. The number of nitrogens with one attached hydrogen (secondary N) is 2. The molecule has 0 heterocycles. The van der Waals surface area contributed by atoms with E-state index >= 15 is 0 Å². The van der Waals surface area contributed by atoms with E-state index in [1.807, 2.05) is 19.1 Å². The number of guanidine groups is 1. The second kappa shape index (κ2) is 9.69. The van der Waals surface area contributed by atoms with Crippen LogP contribution in [0.15, 0.2) is 29.3 Å². The summed E-state index contributed by atoms with van der Waals surface area (Å²) in [5.41, 5.74) is 1.43. The molecule has 0 aliphatic heterocycles. The van der Waals surface area contributed by atoms with Gasteiger partial charge in [0.05, 0.1) is 6.54 Å². The molecular weight excluding hydrogens is 425 g/mol. The molecule has 0 amide bonds. The summed E-state index contributed by atoms with van der Waals surface area (Å²) in [4.78, 5) is 4.73. The van der Waals surface area contributed by atoms with Crippen LogP contribution in [-0.2, 0) is 5.41 Å². The molecule has 4 nitrogen and oxygen atoms in total. The van der Waals surface area contributed by atoms with Gasteiger partial charge >= 0.3 is 0 Å². The van der Waals surface area contributed by atoms with Crippen molar-refractivity contribution in [1.82, 2.24) is 10.6 Å². The molecule has 1 fully saturated rings. The van der Waals surface area contributed by atoms with Crippen molar-refractivity contribution in [3.63, 3.8) is 0 Å². The molecule has 1 unspecified atom stereocenters. The van der Waals surface area contributed by atoms with E-state index in [0.717, 1.165) is 36.9 Å². The van der Waals surface area contributed by atoms with Crippen LogP contribution in [0.1, 0.15) is 32.3 Å². The average Bonchev–Trinajstić information content (AvgIpc) is 3.31. The predicted molar refractivity (Wildman–Crippen MR) is 108 cm³/mol. The molecule has 130 valence electrons. The zero-order chi connectivity index (χ0) is 16.0. The Bertz CT molecular complexity index is 520. The Morgan fingerprint density at radius 3 is 2.70 bits per heavy atom. The fourth-order valence-corrected chi connectivity index (χ4v) is 2.61. The second-order valence-corrected chi connectivity index (χ2v) is 6.59. The van der Waals surface area contributed by atoms with E-state index in [9.17, 15) is 0 Å². The molecule has 0 saturated heterocycles. The maximum Gasteiger partial charge on any atom is 0.191 e. The zero-order valence-electron chi connectivity index (χ0n) is 13.8. The third-order valence-corrected chi connectivity index (χ3v) is 4.34. The van der Waals surface area contributed by atoms with Gasteiger partial charge in [0.1, 0.15) is 0 Å². The molecule has 1 aromatic carbocycles. The molecular formula is C17H27ClIN3O. The minimum atomic E-state index is 0. The van der Waals surface area contributed by atoms with Crippen molar-refractivity contribution in [1.29, 1.82) is 0 Å². The first-order valence-corrected chi connectivity index (χ1v) is 8.36. The van der Waals surface area contributed by atoms with Gasteiger partial charge in [-0.25, -0.2) is 0 Å². The van der Waals surface area contributed by atoms with Crippen LogP contribution in [0.4, 0.5) is 0 Å². The van der Waals surface area contributed by atoms with Crippen LogP contribution >= 0.6 is 35.6 Å². The monoisotopic (exact) mass is 451 g/mol. The van der Waals surface area contributed by atoms with Crippen molar-refractivity contribution in [2.75, 3.05) is 26.2 Å². The summed E-state index contributed by atoms with van der Waals surface area (Å²) in [5, 5.41) is 16.4. The lowest BCUT2D eigenvalue weighted by Gasteiger charge is -2.17. The van der Waals surface area contributed by atoms with Crippen LogP contribution in [0.3, 0.4) is 0 Å². The summed E-state index contributed by atoms with van der Waals surface area (Å²) >= 11 is 6.11. The molecule has 23 heavy (non-hydrogen) atoms. The third kappa shape index (κ3) is 6.12. The maximum absolute atomic E-state index is 9.11. The summed E-state index contributed by atoms with van der Waals surface area (Å²) in [6.07, 6.45) is 2.31. The van der Waals surface area contributed by atoms with Crippen molar-refractivity contribution in [2.24, 2.45) is 10.9 Å². The smallest absolute Gasteiger partial charge is 0.191 e. The highest BCUT2D eigenvalue weighted by molar-refractivity contribution is 14.0. The number of aliphatic imine (C=N–C) groups is 1. The van der Waals surface area contributed by atoms with Crippen LogP contribution in [0.5, 0.6) is 0 Å². The SMILES string of the molecule is CCNC(=NCC1(c2cccc(Cl)c2)CC1)NCC(C)CO.I. The number of hydrogen-bond acceptors (Lipinski definition) is 2. The van der Waals surface area contributed by atoms with Gasteiger partial charge < -0.3 is 15.7 Å². The number of rotatable bonds is 7. The van der Waals surface area contributed by atoms with E-state index in [1.165, 1.54) is 5.56 Å². The maximum atomic E-state index is 9.11. The number of benzene rings is 1. The highest BCUT2D eigenvalue weighted by atomic mass is 127. The van der Waals surface area contributed by atoms with Crippen molar-refractivity contribution >= 4 is 41.5 Å². The largest absolute Gasteiger partial charge is 0.396 e. The minimum absolute atomic E-state index is 0. The Hall–Kier alpha value is -0.530. The summed E-state index contributed by atoms with van der Waals surface area (Å²) < 4.78 is 0. The normalized spacial score (nSPS) is 17.1. The fraction of sp³-hybridized carbons (Fsp3) is 0.588. The molecule has 0 aromatic heterocycles. The molecule has 1 atom stereocenters. The Labute approximate surface area is 161 Å². The lowest BCUT2D eigenvalue weighted by atomic mass is 9.96. The first-order chi connectivity index (χ1) is 10.6. The molecule has 3 N–H and O–H groups in total. The second-order valence-electron chi connectivity index (χ2n) is 6.15. The topological polar surface area (TPSA) is 56.7 Å². The first kappa shape index (κ1) is 20.5. The molecule has 1 saturated carbocycles. The Morgan fingerprint density at radius 1 is 1.39 bits per heavy atom. The lowest BCUT2D eigenvalue weighted by Crippen LogP contribution is -2.40. The van der Waals surface area contributed by atoms with E-state index in [1.54, 1.807) is 0 Å². The van der Waals surface area contributed by atoms with Crippen LogP contribution < -0.4 is 10.6 Å². The standard InChI is InChI=1S/C17H26ClN3O.HI/c1-3-19-16(20-10-13(2)11-22)21-12-17(7-8-17)14-5-4-6-15(18)9-14;/h4-6,9,13,22H,3,7-8,10-12H2,1-2H3,(H2,19,20,21);1H. The summed E-state index contributed by atoms with van der Waals surface area (Å²) in [6, 6.07) is 8.11. The van der Waals surface area contributed by atoms with E-state index in [0.29, 0.717) is 6.54 Å². The van der Waals surface area contributed by atoms with Crippen LogP contribution in [0.2, 0.25) is 5.02 Å². The molecule has 6 heteroatoms. The summed E-state index contributed by atoms with van der Waals surface area (Å²) in [6.45, 7) is 6.53. The zero-order valence-corrected chi connectivity index (χ0v) is 16.9. The van der Waals surface area contributed by atoms with E-state index in [-0.39, 0.29) is 41.9 Å². The van der Waals surface area contributed by atoms with Gasteiger partial charge in [0.25, 0.3) is 0 Å². The average molecular weight is 452 g/mol. The lowest BCUT2D eigenvalue weighted by molar-refractivity contribution is 0.238. The molecule has 2 rings (SSSR count). The molecule has 1 aliphatic carbocycles. The first-order valence-electron chi connectivity index (χ1n) is 7.99. The van der Waals surface area contributed by atoms with Crippen LogP contribution in [-0.4, -0.2) is 37.3 Å². The van der Waals surface area contributed by atoms with Crippen LogP contribution in [0.25, 0.3) is 0 Å². The fourth-order valence-electron chi connectivity index (χ4n) is 2.41. The Kier molecular flexibility index (Phi) is 8.64. The Balaban J connectivity index is 0.00000264. The molecule has 1 aliphatic rings. The van der Waals surface area contributed by atoms with Crippen LogP contribution in [0, 0.1) is 5.92 Å². The third-order valence-electron chi connectivity index (χ3n) is 4.10. The van der Waals surface area contributed by atoms with Gasteiger partial charge in [-0.1, -0.05) is 30.7 Å². The number of nitrogens with zero attached hydrogens (tertiary/aromatic N) is 1. The van der Waals surface area contributed by atoms with Gasteiger partial charge in [0.15, 0.2) is 5.96 Å². The number of hydrogen-bond donors (Lipinski definition) is 3. The number of aliphatic hydroxyl groups is 1.